The number of Topliss-reactive ketones (excluding diaryl/α,β-unsaturated/α-hetero) is 1. The molecule has 1 aromatic heterocycles. The topological polar surface area (TPSA) is 103 Å². The zero-order valence-electron chi connectivity index (χ0n) is 17.7. The van der Waals surface area contributed by atoms with Crippen molar-refractivity contribution in [2.24, 2.45) is 0 Å². The monoisotopic (exact) mass is 466 g/mol. The Morgan fingerprint density at radius 1 is 0.909 bits per heavy atom. The number of rotatable bonds is 8. The molecular weight excluding hydrogens is 444 g/mol. The van der Waals surface area contributed by atoms with Crippen molar-refractivity contribution in [2.45, 2.75) is 17.7 Å². The van der Waals surface area contributed by atoms with Crippen LogP contribution < -0.4 is 4.74 Å². The molecule has 4 rings (SSSR count). The lowest BCUT2D eigenvalue weighted by Gasteiger charge is -2.15. The molecule has 0 saturated carbocycles. The second-order valence-electron chi connectivity index (χ2n) is 7.41. The third-order valence-corrected chi connectivity index (χ3v) is 7.08. The highest BCUT2D eigenvalue weighted by molar-refractivity contribution is 7.89. The summed E-state index contributed by atoms with van der Waals surface area (Å²) in [6.45, 7) is 0.503. The minimum absolute atomic E-state index is 0.0672. The van der Waals surface area contributed by atoms with E-state index in [0.29, 0.717) is 18.8 Å². The van der Waals surface area contributed by atoms with Crippen molar-refractivity contribution in [3.63, 3.8) is 0 Å². The molecule has 0 radical (unpaired) electrons. The highest BCUT2D eigenvalue weighted by atomic mass is 32.2. The Bertz CT molecular complexity index is 1240. The van der Waals surface area contributed by atoms with E-state index in [4.69, 9.17) is 9.47 Å². The van der Waals surface area contributed by atoms with E-state index < -0.39 is 28.4 Å². The first-order valence-corrected chi connectivity index (χ1v) is 11.9. The molecule has 33 heavy (non-hydrogen) atoms. The van der Waals surface area contributed by atoms with E-state index in [9.17, 15) is 18.0 Å². The van der Waals surface area contributed by atoms with Gasteiger partial charge in [0.2, 0.25) is 15.9 Å². The predicted molar refractivity (Wildman–Crippen MR) is 120 cm³/mol. The highest BCUT2D eigenvalue weighted by Gasteiger charge is 2.27. The van der Waals surface area contributed by atoms with Crippen molar-refractivity contribution in [2.75, 3.05) is 19.7 Å². The number of hydrogen-bond acceptors (Lipinski definition) is 7. The van der Waals surface area contributed by atoms with Crippen molar-refractivity contribution >= 4 is 21.8 Å². The summed E-state index contributed by atoms with van der Waals surface area (Å²) in [6.07, 6.45) is 3.17. The average molecular weight is 467 g/mol. The molecule has 0 atom stereocenters. The van der Waals surface area contributed by atoms with Crippen LogP contribution in [0.15, 0.2) is 77.8 Å². The fourth-order valence-electron chi connectivity index (χ4n) is 3.41. The lowest BCUT2D eigenvalue weighted by molar-refractivity contribution is 0.0471. The zero-order valence-corrected chi connectivity index (χ0v) is 18.5. The molecule has 1 fully saturated rings. The third kappa shape index (κ3) is 5.27. The number of hydrogen-bond donors (Lipinski definition) is 0. The number of sulfonamides is 1. The number of benzene rings is 2. The number of pyridine rings is 1. The summed E-state index contributed by atoms with van der Waals surface area (Å²) in [7, 11) is -3.56. The van der Waals surface area contributed by atoms with Crippen LogP contribution in [-0.2, 0) is 14.8 Å². The van der Waals surface area contributed by atoms with Crippen LogP contribution >= 0.6 is 0 Å². The summed E-state index contributed by atoms with van der Waals surface area (Å²) in [5.74, 6) is -0.638. The first-order chi connectivity index (χ1) is 15.9. The molecule has 8 nitrogen and oxygen atoms in total. The molecule has 9 heteroatoms. The lowest BCUT2D eigenvalue weighted by atomic mass is 10.1. The van der Waals surface area contributed by atoms with Crippen LogP contribution in [0, 0.1) is 0 Å². The Hall–Kier alpha value is -3.56. The molecule has 0 unspecified atom stereocenters. The van der Waals surface area contributed by atoms with Gasteiger partial charge in [0.15, 0.2) is 12.4 Å². The number of carbonyl (C=O) groups is 2. The highest BCUT2D eigenvalue weighted by Crippen LogP contribution is 2.24. The number of nitrogens with zero attached hydrogens (tertiary/aromatic N) is 2. The summed E-state index contributed by atoms with van der Waals surface area (Å²) >= 11 is 0. The molecule has 1 aliphatic heterocycles. The van der Waals surface area contributed by atoms with E-state index >= 15 is 0 Å². The van der Waals surface area contributed by atoms with Gasteiger partial charge in [0.05, 0.1) is 4.90 Å². The van der Waals surface area contributed by atoms with Gasteiger partial charge in [-0.1, -0.05) is 18.2 Å². The maximum atomic E-state index is 12.6. The van der Waals surface area contributed by atoms with E-state index in [-0.39, 0.29) is 21.9 Å². The number of para-hydroxylation sites is 1. The van der Waals surface area contributed by atoms with Crippen molar-refractivity contribution in [1.82, 2.24) is 9.29 Å². The molecular formula is C24H22N2O6S. The molecule has 0 N–H and O–H groups in total. The van der Waals surface area contributed by atoms with Gasteiger partial charge in [-0.15, -0.1) is 0 Å². The summed E-state index contributed by atoms with van der Waals surface area (Å²) in [4.78, 5) is 29.2. The molecule has 0 amide bonds. The van der Waals surface area contributed by atoms with Gasteiger partial charge in [-0.3, -0.25) is 4.79 Å². The Kier molecular flexibility index (Phi) is 6.81. The summed E-state index contributed by atoms with van der Waals surface area (Å²) in [5.41, 5.74) is 0.330. The van der Waals surface area contributed by atoms with Gasteiger partial charge in [0.25, 0.3) is 0 Å². The van der Waals surface area contributed by atoms with Crippen LogP contribution in [0.3, 0.4) is 0 Å². The van der Waals surface area contributed by atoms with Crippen LogP contribution in [0.4, 0.5) is 0 Å². The smallest absolute Gasteiger partial charge is 0.344 e. The van der Waals surface area contributed by atoms with Crippen LogP contribution in [0.5, 0.6) is 11.6 Å². The first-order valence-electron chi connectivity index (χ1n) is 10.4. The van der Waals surface area contributed by atoms with Gasteiger partial charge < -0.3 is 9.47 Å². The van der Waals surface area contributed by atoms with E-state index in [0.717, 1.165) is 12.8 Å². The summed E-state index contributed by atoms with van der Waals surface area (Å²) < 4.78 is 37.5. The minimum Gasteiger partial charge on any atom is -0.454 e. The van der Waals surface area contributed by atoms with Crippen molar-refractivity contribution in [1.29, 1.82) is 0 Å². The third-order valence-electron chi connectivity index (χ3n) is 5.16. The second kappa shape index (κ2) is 9.93. The number of ketones is 1. The molecule has 0 aliphatic carbocycles. The fraction of sp³-hybridized carbons (Fsp3) is 0.208. The van der Waals surface area contributed by atoms with E-state index in [1.807, 2.05) is 6.07 Å². The molecule has 3 aromatic rings. The van der Waals surface area contributed by atoms with Crippen molar-refractivity contribution in [3.05, 3.63) is 84.1 Å². The summed E-state index contributed by atoms with van der Waals surface area (Å²) in [6, 6.07) is 17.6. The molecule has 0 bridgehead atoms. The van der Waals surface area contributed by atoms with Gasteiger partial charge in [0, 0.05) is 24.8 Å². The average Bonchev–Trinajstić information content (AvgIpc) is 3.39. The number of carbonyl (C=O) groups excluding carboxylic acids is 2. The number of aromatic nitrogens is 1. The van der Waals surface area contributed by atoms with Gasteiger partial charge in [-0.2, -0.15) is 4.31 Å². The van der Waals surface area contributed by atoms with Gasteiger partial charge in [-0.05, 0) is 61.4 Å². The Morgan fingerprint density at radius 2 is 1.61 bits per heavy atom. The molecule has 2 heterocycles. The summed E-state index contributed by atoms with van der Waals surface area (Å²) in [5, 5.41) is 0. The lowest BCUT2D eigenvalue weighted by Crippen LogP contribution is -2.27. The first kappa shape index (κ1) is 22.6. The largest absolute Gasteiger partial charge is 0.454 e. The number of ether oxygens (including phenoxy) is 2. The van der Waals surface area contributed by atoms with Gasteiger partial charge >= 0.3 is 5.97 Å². The maximum Gasteiger partial charge on any atom is 0.344 e. The van der Waals surface area contributed by atoms with E-state index in [1.54, 1.807) is 30.3 Å². The van der Waals surface area contributed by atoms with Crippen LogP contribution in [0.2, 0.25) is 0 Å². The number of esters is 1. The van der Waals surface area contributed by atoms with E-state index in [1.165, 1.54) is 40.8 Å². The molecule has 1 saturated heterocycles. The molecule has 1 aliphatic rings. The molecule has 2 aromatic carbocycles. The van der Waals surface area contributed by atoms with Crippen molar-refractivity contribution < 1.29 is 27.5 Å². The quantitative estimate of drug-likeness (QED) is 0.368. The fourth-order valence-corrected chi connectivity index (χ4v) is 4.93. The SMILES string of the molecule is O=C(COC(=O)c1cccnc1Oc1ccccc1)c1ccc(S(=O)(=O)N2CCCC2)cc1. The maximum absolute atomic E-state index is 12.6. The van der Waals surface area contributed by atoms with Gasteiger partial charge in [-0.25, -0.2) is 18.2 Å². The van der Waals surface area contributed by atoms with Crippen LogP contribution in [0.25, 0.3) is 0 Å². The van der Waals surface area contributed by atoms with E-state index in [2.05, 4.69) is 4.98 Å². The predicted octanol–water partition coefficient (Wildman–Crippen LogP) is 3.70. The molecule has 170 valence electrons. The Balaban J connectivity index is 1.40. The standard InChI is InChI=1S/C24H22N2O6S/c27-22(18-10-12-20(13-11-18)33(29,30)26-15-4-5-16-26)17-31-24(28)21-9-6-14-25-23(21)32-19-7-2-1-3-8-19/h1-3,6-14H,4-5,15-17H2. The molecule has 0 spiro atoms. The minimum atomic E-state index is -3.56. The van der Waals surface area contributed by atoms with Gasteiger partial charge in [0.1, 0.15) is 11.3 Å². The second-order valence-corrected chi connectivity index (χ2v) is 9.34. The van der Waals surface area contributed by atoms with Crippen molar-refractivity contribution in [3.8, 4) is 11.6 Å². The zero-order chi connectivity index (χ0) is 23.3. The normalized spacial score (nSPS) is 14.1. The Labute approximate surface area is 191 Å². The Morgan fingerprint density at radius 3 is 2.30 bits per heavy atom. The van der Waals surface area contributed by atoms with Crippen LogP contribution in [-0.4, -0.2) is 49.2 Å². The van der Waals surface area contributed by atoms with Crippen LogP contribution in [0.1, 0.15) is 33.6 Å².